The van der Waals surface area contributed by atoms with Crippen LogP contribution in [0.25, 0.3) is 22.5 Å². The molecule has 2 aromatic carbocycles. The van der Waals surface area contributed by atoms with Gasteiger partial charge in [0, 0.05) is 11.6 Å². The van der Waals surface area contributed by atoms with Gasteiger partial charge in [-0.25, -0.2) is 0 Å². The molecule has 0 bridgehead atoms. The van der Waals surface area contributed by atoms with Crippen molar-refractivity contribution in [2.45, 2.75) is 0 Å². The number of carbonyl (C=O) groups excluding carboxylic acids is 1. The minimum Gasteiger partial charge on any atom is -0.497 e. The molecule has 0 saturated carbocycles. The van der Waals surface area contributed by atoms with Gasteiger partial charge in [-0.1, -0.05) is 42.5 Å². The van der Waals surface area contributed by atoms with E-state index in [-0.39, 0.29) is 5.91 Å². The lowest BCUT2D eigenvalue weighted by Crippen LogP contribution is -2.12. The van der Waals surface area contributed by atoms with Crippen molar-refractivity contribution in [3.05, 3.63) is 72.4 Å². The molecule has 0 fully saturated rings. The Morgan fingerprint density at radius 3 is 2.56 bits per heavy atom. The molecule has 7 heteroatoms. The highest BCUT2D eigenvalue weighted by molar-refractivity contribution is 6.03. The minimum absolute atomic E-state index is 0.317. The van der Waals surface area contributed by atoms with E-state index in [1.54, 1.807) is 19.2 Å². The zero-order chi connectivity index (χ0) is 18.6. The molecular weight excluding hydrogens is 342 g/mol. The second-order valence-electron chi connectivity index (χ2n) is 5.89. The highest BCUT2D eigenvalue weighted by Crippen LogP contribution is 2.23. The summed E-state index contributed by atoms with van der Waals surface area (Å²) in [5, 5.41) is 16.8. The summed E-state index contributed by atoms with van der Waals surface area (Å²) < 4.78 is 5.22. The number of nitrogens with zero attached hydrogens (tertiary/aromatic N) is 2. The van der Waals surface area contributed by atoms with Gasteiger partial charge in [-0.2, -0.15) is 10.2 Å². The first-order chi connectivity index (χ1) is 13.2. The molecule has 0 aliphatic heterocycles. The lowest BCUT2D eigenvalue weighted by molar-refractivity contribution is 0.102. The van der Waals surface area contributed by atoms with Crippen LogP contribution in [0.15, 0.2) is 66.7 Å². The van der Waals surface area contributed by atoms with Crippen LogP contribution in [0.4, 0.5) is 5.82 Å². The zero-order valence-corrected chi connectivity index (χ0v) is 14.6. The lowest BCUT2D eigenvalue weighted by atomic mass is 10.1. The Morgan fingerprint density at radius 1 is 0.926 bits per heavy atom. The third-order valence-corrected chi connectivity index (χ3v) is 4.09. The molecule has 7 nitrogen and oxygen atoms in total. The van der Waals surface area contributed by atoms with E-state index in [1.165, 1.54) is 0 Å². The van der Waals surface area contributed by atoms with E-state index in [2.05, 4.69) is 25.7 Å². The van der Waals surface area contributed by atoms with Crippen molar-refractivity contribution in [2.24, 2.45) is 0 Å². The Hall–Kier alpha value is -3.87. The van der Waals surface area contributed by atoms with Gasteiger partial charge in [0.2, 0.25) is 0 Å². The first kappa shape index (κ1) is 16.6. The molecule has 4 rings (SSSR count). The number of ether oxygens (including phenoxy) is 1. The summed E-state index contributed by atoms with van der Waals surface area (Å²) in [4.78, 5) is 12.5. The summed E-state index contributed by atoms with van der Waals surface area (Å²) in [6.45, 7) is 0. The van der Waals surface area contributed by atoms with Crippen molar-refractivity contribution in [1.29, 1.82) is 0 Å². The molecule has 0 aliphatic rings. The number of anilines is 1. The summed E-state index contributed by atoms with van der Waals surface area (Å²) in [5.41, 5.74) is 3.68. The molecule has 0 radical (unpaired) electrons. The van der Waals surface area contributed by atoms with Crippen molar-refractivity contribution in [1.82, 2.24) is 20.4 Å². The number of aromatic nitrogens is 4. The summed E-state index contributed by atoms with van der Waals surface area (Å²) in [5.74, 6) is 0.852. The number of hydrogen-bond acceptors (Lipinski definition) is 4. The zero-order valence-electron chi connectivity index (χ0n) is 14.6. The normalized spacial score (nSPS) is 10.6. The molecule has 0 saturated heterocycles. The smallest absolute Gasteiger partial charge is 0.274 e. The lowest BCUT2D eigenvalue weighted by Gasteiger charge is -2.01. The van der Waals surface area contributed by atoms with Crippen molar-refractivity contribution < 1.29 is 9.53 Å². The van der Waals surface area contributed by atoms with Crippen LogP contribution in [0, 0.1) is 0 Å². The van der Waals surface area contributed by atoms with Crippen molar-refractivity contribution in [3.63, 3.8) is 0 Å². The van der Waals surface area contributed by atoms with E-state index >= 15 is 0 Å². The second kappa shape index (κ2) is 7.17. The fourth-order valence-electron chi connectivity index (χ4n) is 2.70. The highest BCUT2D eigenvalue weighted by atomic mass is 16.5. The van der Waals surface area contributed by atoms with Crippen LogP contribution in [0.3, 0.4) is 0 Å². The van der Waals surface area contributed by atoms with Crippen molar-refractivity contribution in [2.75, 3.05) is 12.4 Å². The third kappa shape index (κ3) is 3.57. The Bertz CT molecular complexity index is 1070. The van der Waals surface area contributed by atoms with Gasteiger partial charge in [0.1, 0.15) is 11.4 Å². The number of rotatable bonds is 5. The maximum Gasteiger partial charge on any atom is 0.274 e. The van der Waals surface area contributed by atoms with Gasteiger partial charge in [-0.15, -0.1) is 0 Å². The topological polar surface area (TPSA) is 95.7 Å². The predicted molar refractivity (Wildman–Crippen MR) is 103 cm³/mol. The van der Waals surface area contributed by atoms with Gasteiger partial charge >= 0.3 is 0 Å². The van der Waals surface area contributed by atoms with E-state index in [9.17, 15) is 4.79 Å². The number of methoxy groups -OCH3 is 1. The largest absolute Gasteiger partial charge is 0.497 e. The highest BCUT2D eigenvalue weighted by Gasteiger charge is 2.13. The van der Waals surface area contributed by atoms with E-state index < -0.39 is 0 Å². The van der Waals surface area contributed by atoms with Crippen LogP contribution < -0.4 is 10.1 Å². The first-order valence-electron chi connectivity index (χ1n) is 8.35. The van der Waals surface area contributed by atoms with Gasteiger partial charge < -0.3 is 10.1 Å². The Morgan fingerprint density at radius 2 is 1.74 bits per heavy atom. The van der Waals surface area contributed by atoms with Crippen LogP contribution in [-0.4, -0.2) is 33.4 Å². The fourth-order valence-corrected chi connectivity index (χ4v) is 2.70. The minimum atomic E-state index is -0.317. The molecule has 3 N–H and O–H groups in total. The average molecular weight is 359 g/mol. The van der Waals surface area contributed by atoms with E-state index in [0.717, 1.165) is 22.6 Å². The average Bonchev–Trinajstić information content (AvgIpc) is 3.39. The van der Waals surface area contributed by atoms with E-state index in [1.807, 2.05) is 54.6 Å². The summed E-state index contributed by atoms with van der Waals surface area (Å²) >= 11 is 0. The predicted octanol–water partition coefficient (Wildman–Crippen LogP) is 3.73. The molecule has 0 aliphatic carbocycles. The molecule has 2 aromatic heterocycles. The number of hydrogen-bond donors (Lipinski definition) is 3. The first-order valence-corrected chi connectivity index (χ1v) is 8.35. The molecule has 2 heterocycles. The number of nitrogens with one attached hydrogen (secondary N) is 3. The molecule has 4 aromatic rings. The van der Waals surface area contributed by atoms with Crippen LogP contribution in [-0.2, 0) is 0 Å². The van der Waals surface area contributed by atoms with Gasteiger partial charge in [-0.3, -0.25) is 15.0 Å². The van der Waals surface area contributed by atoms with Gasteiger partial charge in [0.25, 0.3) is 5.91 Å². The number of amides is 1. The molecule has 1 amide bonds. The number of H-pyrrole nitrogens is 2. The quantitative estimate of drug-likeness (QED) is 0.506. The fraction of sp³-hybridized carbons (Fsp3) is 0.0500. The molecule has 0 atom stereocenters. The Labute approximate surface area is 155 Å². The standard InChI is InChI=1S/C20H17N5O2/c1-27-15-9-5-8-14(10-15)16-11-18(24-22-16)20(26)21-19-12-17(23-25-19)13-6-3-2-4-7-13/h2-12H,1H3,(H,22,24)(H2,21,23,25,26). The van der Waals surface area contributed by atoms with E-state index in [0.29, 0.717) is 17.2 Å². The SMILES string of the molecule is COc1cccc(-c2cc(C(=O)Nc3cc(-c4ccccc4)[nH]n3)[nH]n2)c1. The van der Waals surface area contributed by atoms with E-state index in [4.69, 9.17) is 4.74 Å². The maximum absolute atomic E-state index is 12.5. The number of carbonyl (C=O) groups is 1. The summed E-state index contributed by atoms with van der Waals surface area (Å²) in [7, 11) is 1.61. The Balaban J connectivity index is 1.49. The molecule has 27 heavy (non-hydrogen) atoms. The summed E-state index contributed by atoms with van der Waals surface area (Å²) in [6, 6.07) is 20.7. The van der Waals surface area contributed by atoms with Crippen LogP contribution in [0.5, 0.6) is 5.75 Å². The molecular formula is C20H17N5O2. The Kier molecular flexibility index (Phi) is 4.40. The maximum atomic E-state index is 12.5. The van der Waals surface area contributed by atoms with Crippen molar-refractivity contribution in [3.8, 4) is 28.3 Å². The van der Waals surface area contributed by atoms with Gasteiger partial charge in [0.15, 0.2) is 5.82 Å². The molecule has 0 unspecified atom stereocenters. The van der Waals surface area contributed by atoms with Crippen LogP contribution in [0.2, 0.25) is 0 Å². The van der Waals surface area contributed by atoms with Gasteiger partial charge in [0.05, 0.1) is 18.5 Å². The third-order valence-electron chi connectivity index (χ3n) is 4.09. The van der Waals surface area contributed by atoms with Crippen molar-refractivity contribution >= 4 is 11.7 Å². The molecule has 134 valence electrons. The summed E-state index contributed by atoms with van der Waals surface area (Å²) in [6.07, 6.45) is 0. The van der Waals surface area contributed by atoms with Crippen LogP contribution >= 0.6 is 0 Å². The number of aromatic amines is 2. The van der Waals surface area contributed by atoms with Crippen LogP contribution in [0.1, 0.15) is 10.5 Å². The monoisotopic (exact) mass is 359 g/mol. The second-order valence-corrected chi connectivity index (χ2v) is 5.89. The molecule has 0 spiro atoms. The van der Waals surface area contributed by atoms with Gasteiger partial charge in [-0.05, 0) is 23.8 Å². The number of benzene rings is 2.